The number of hydrogen-bond donors (Lipinski definition) is 0. The molecule has 0 bridgehead atoms. The highest BCUT2D eigenvalue weighted by Crippen LogP contribution is 2.33. The summed E-state index contributed by atoms with van der Waals surface area (Å²) in [6.45, 7) is 4.11. The van der Waals surface area contributed by atoms with Gasteiger partial charge in [0.2, 0.25) is 5.88 Å². The molecule has 1 aliphatic rings. The van der Waals surface area contributed by atoms with E-state index in [-0.39, 0.29) is 0 Å². The first-order valence-electron chi connectivity index (χ1n) is 7.33. The monoisotopic (exact) mass is 284 g/mol. The van der Waals surface area contributed by atoms with E-state index in [1.54, 1.807) is 18.6 Å². The van der Waals surface area contributed by atoms with Crippen molar-refractivity contribution in [2.24, 2.45) is 0 Å². The minimum atomic E-state index is 0.418. The lowest BCUT2D eigenvalue weighted by atomic mass is 9.94. The molecule has 2 aromatic rings. The van der Waals surface area contributed by atoms with Crippen molar-refractivity contribution >= 4 is 0 Å². The van der Waals surface area contributed by atoms with Gasteiger partial charge in [-0.25, -0.2) is 4.98 Å². The number of likely N-dealkylation sites (tertiary alicyclic amines) is 1. The number of pyridine rings is 1. The zero-order chi connectivity index (χ0) is 14.7. The summed E-state index contributed by atoms with van der Waals surface area (Å²) in [5.74, 6) is 1.78. The summed E-state index contributed by atoms with van der Waals surface area (Å²) in [6.07, 6.45) is 7.38. The molecule has 0 saturated carbocycles. The minimum absolute atomic E-state index is 0.418. The van der Waals surface area contributed by atoms with Gasteiger partial charge < -0.3 is 9.64 Å². The average Bonchev–Trinajstić information content (AvgIpc) is 2.51. The molecule has 0 aromatic carbocycles. The maximum atomic E-state index is 5.97. The smallest absolute Gasteiger partial charge is 0.241 e. The lowest BCUT2D eigenvalue weighted by Gasteiger charge is -2.28. The average molecular weight is 284 g/mol. The first kappa shape index (κ1) is 13.9. The van der Waals surface area contributed by atoms with Gasteiger partial charge in [0.15, 0.2) is 5.75 Å². The Morgan fingerprint density at radius 1 is 1.10 bits per heavy atom. The number of ether oxygens (including phenoxy) is 1. The second-order valence-corrected chi connectivity index (χ2v) is 5.51. The predicted octanol–water partition coefficient (Wildman–Crippen LogP) is 2.78. The molecule has 0 atom stereocenters. The van der Waals surface area contributed by atoms with Crippen LogP contribution in [0.4, 0.5) is 0 Å². The summed E-state index contributed by atoms with van der Waals surface area (Å²) in [5, 5.41) is 0. The Labute approximate surface area is 125 Å². The maximum Gasteiger partial charge on any atom is 0.241 e. The molecule has 0 radical (unpaired) electrons. The molecular weight excluding hydrogens is 264 g/mol. The molecule has 1 aliphatic heterocycles. The van der Waals surface area contributed by atoms with E-state index in [9.17, 15) is 0 Å². The number of aromatic nitrogens is 3. The first-order valence-corrected chi connectivity index (χ1v) is 7.33. The zero-order valence-electron chi connectivity index (χ0n) is 12.5. The fourth-order valence-electron chi connectivity index (χ4n) is 2.66. The van der Waals surface area contributed by atoms with Gasteiger partial charge in [0, 0.05) is 24.5 Å². The van der Waals surface area contributed by atoms with E-state index in [1.165, 1.54) is 0 Å². The molecular formula is C16H20N4O. The van der Waals surface area contributed by atoms with E-state index < -0.39 is 0 Å². The van der Waals surface area contributed by atoms with Crippen LogP contribution in [0.5, 0.6) is 11.6 Å². The Bertz CT molecular complexity index is 609. The van der Waals surface area contributed by atoms with Crippen molar-refractivity contribution in [2.45, 2.75) is 25.7 Å². The lowest BCUT2D eigenvalue weighted by Crippen LogP contribution is -2.29. The highest BCUT2D eigenvalue weighted by molar-refractivity contribution is 5.33. The highest BCUT2D eigenvalue weighted by Gasteiger charge is 2.23. The third kappa shape index (κ3) is 3.19. The molecule has 1 saturated heterocycles. The predicted molar refractivity (Wildman–Crippen MR) is 80.6 cm³/mol. The fourth-order valence-corrected chi connectivity index (χ4v) is 2.66. The maximum absolute atomic E-state index is 5.97. The molecule has 110 valence electrons. The van der Waals surface area contributed by atoms with Gasteiger partial charge in [-0.1, -0.05) is 0 Å². The number of hydrogen-bond acceptors (Lipinski definition) is 5. The van der Waals surface area contributed by atoms with Gasteiger partial charge in [-0.15, -0.1) is 0 Å². The summed E-state index contributed by atoms with van der Waals surface area (Å²) in [6, 6.07) is 3.78. The van der Waals surface area contributed by atoms with Crippen LogP contribution in [0.3, 0.4) is 0 Å². The van der Waals surface area contributed by atoms with Crippen LogP contribution in [0, 0.1) is 6.92 Å². The van der Waals surface area contributed by atoms with E-state index in [2.05, 4.69) is 26.9 Å². The number of nitrogens with zero attached hydrogens (tertiary/aromatic N) is 4. The van der Waals surface area contributed by atoms with Crippen molar-refractivity contribution in [1.82, 2.24) is 19.9 Å². The Kier molecular flexibility index (Phi) is 4.10. The molecule has 0 N–H and O–H groups in total. The lowest BCUT2D eigenvalue weighted by molar-refractivity contribution is 0.250. The van der Waals surface area contributed by atoms with Crippen molar-refractivity contribution in [3.05, 3.63) is 42.1 Å². The second-order valence-electron chi connectivity index (χ2n) is 5.51. The van der Waals surface area contributed by atoms with Crippen LogP contribution >= 0.6 is 0 Å². The summed E-state index contributed by atoms with van der Waals surface area (Å²) in [4.78, 5) is 15.5. The van der Waals surface area contributed by atoms with Gasteiger partial charge in [0.05, 0.1) is 5.69 Å². The zero-order valence-corrected chi connectivity index (χ0v) is 12.5. The van der Waals surface area contributed by atoms with Gasteiger partial charge >= 0.3 is 0 Å². The Hall–Kier alpha value is -2.01. The van der Waals surface area contributed by atoms with Gasteiger partial charge in [0.1, 0.15) is 5.69 Å². The van der Waals surface area contributed by atoms with Gasteiger partial charge in [0.25, 0.3) is 0 Å². The molecule has 0 spiro atoms. The summed E-state index contributed by atoms with van der Waals surface area (Å²) in [5.41, 5.74) is 1.83. The summed E-state index contributed by atoms with van der Waals surface area (Å²) in [7, 11) is 2.16. The summed E-state index contributed by atoms with van der Waals surface area (Å²) < 4.78 is 5.97. The molecule has 0 aliphatic carbocycles. The van der Waals surface area contributed by atoms with Crippen LogP contribution in [0.1, 0.15) is 30.1 Å². The van der Waals surface area contributed by atoms with Crippen molar-refractivity contribution in [3.8, 4) is 11.6 Å². The molecule has 0 amide bonds. The summed E-state index contributed by atoms with van der Waals surface area (Å²) >= 11 is 0. The van der Waals surface area contributed by atoms with E-state index in [0.717, 1.165) is 43.1 Å². The third-order valence-corrected chi connectivity index (χ3v) is 3.96. The molecule has 1 fully saturated rings. The molecule has 21 heavy (non-hydrogen) atoms. The van der Waals surface area contributed by atoms with E-state index >= 15 is 0 Å². The van der Waals surface area contributed by atoms with Crippen LogP contribution in [0.2, 0.25) is 0 Å². The SMILES string of the molecule is Cc1ncccc1Oc1nccnc1C1CCN(C)CC1. The number of piperidine rings is 1. The number of aryl methyl sites for hydroxylation is 1. The van der Waals surface area contributed by atoms with Crippen molar-refractivity contribution < 1.29 is 4.74 Å². The second kappa shape index (κ2) is 6.18. The highest BCUT2D eigenvalue weighted by atomic mass is 16.5. The molecule has 5 heteroatoms. The van der Waals surface area contributed by atoms with E-state index in [4.69, 9.17) is 4.74 Å². The largest absolute Gasteiger partial charge is 0.435 e. The van der Waals surface area contributed by atoms with Crippen LogP contribution in [-0.2, 0) is 0 Å². The van der Waals surface area contributed by atoms with E-state index in [0.29, 0.717) is 11.8 Å². The molecule has 3 rings (SSSR count). The topological polar surface area (TPSA) is 51.1 Å². The van der Waals surface area contributed by atoms with E-state index in [1.807, 2.05) is 19.1 Å². The van der Waals surface area contributed by atoms with Crippen LogP contribution in [0.15, 0.2) is 30.7 Å². The molecule has 3 heterocycles. The van der Waals surface area contributed by atoms with Crippen molar-refractivity contribution in [2.75, 3.05) is 20.1 Å². The molecule has 5 nitrogen and oxygen atoms in total. The fraction of sp³-hybridized carbons (Fsp3) is 0.438. The van der Waals surface area contributed by atoms with Crippen LogP contribution in [-0.4, -0.2) is 40.0 Å². The minimum Gasteiger partial charge on any atom is -0.435 e. The van der Waals surface area contributed by atoms with Crippen molar-refractivity contribution in [1.29, 1.82) is 0 Å². The van der Waals surface area contributed by atoms with Gasteiger partial charge in [-0.3, -0.25) is 9.97 Å². The third-order valence-electron chi connectivity index (χ3n) is 3.96. The quantitative estimate of drug-likeness (QED) is 0.867. The standard InChI is InChI=1S/C16H20N4O/c1-12-14(4-3-7-17-12)21-16-15(18-8-9-19-16)13-5-10-20(2)11-6-13/h3-4,7-9,13H,5-6,10-11H2,1-2H3. The van der Waals surface area contributed by atoms with Crippen LogP contribution < -0.4 is 4.74 Å². The first-order chi connectivity index (χ1) is 10.2. The normalized spacial score (nSPS) is 16.9. The number of rotatable bonds is 3. The van der Waals surface area contributed by atoms with Gasteiger partial charge in [-0.2, -0.15) is 0 Å². The van der Waals surface area contributed by atoms with Crippen LogP contribution in [0.25, 0.3) is 0 Å². The Balaban J connectivity index is 1.84. The molecule has 0 unspecified atom stereocenters. The van der Waals surface area contributed by atoms with Gasteiger partial charge in [-0.05, 0) is 52.0 Å². The van der Waals surface area contributed by atoms with Crippen molar-refractivity contribution in [3.63, 3.8) is 0 Å². The molecule has 2 aromatic heterocycles. The Morgan fingerprint density at radius 3 is 2.62 bits per heavy atom. The Morgan fingerprint density at radius 2 is 1.86 bits per heavy atom.